The molecule has 0 aliphatic heterocycles. The molecule has 1 N–H and O–H groups in total. The molecule has 1 fully saturated rings. The number of nitrogens with zero attached hydrogens (tertiary/aromatic N) is 2. The predicted molar refractivity (Wildman–Crippen MR) is 163 cm³/mol. The highest BCUT2D eigenvalue weighted by atomic mass is 35.5. The molecule has 0 radical (unpaired) electrons. The first kappa shape index (κ1) is 30.6. The Bertz CT molecular complexity index is 1470. The molecule has 9 heteroatoms. The second kappa shape index (κ2) is 13.5. The third-order valence-corrected chi connectivity index (χ3v) is 9.77. The molecule has 0 bridgehead atoms. The fourth-order valence-corrected chi connectivity index (χ4v) is 7.01. The topological polar surface area (TPSA) is 86.8 Å². The van der Waals surface area contributed by atoms with Crippen molar-refractivity contribution in [2.24, 2.45) is 0 Å². The monoisotopic (exact) mass is 595 g/mol. The van der Waals surface area contributed by atoms with Crippen molar-refractivity contribution in [2.45, 2.75) is 76.4 Å². The fourth-order valence-electron chi connectivity index (χ4n) is 5.32. The van der Waals surface area contributed by atoms with Gasteiger partial charge in [0.25, 0.3) is 10.0 Å². The molecule has 0 aromatic heterocycles. The van der Waals surface area contributed by atoms with Gasteiger partial charge in [-0.05, 0) is 74.1 Å². The summed E-state index contributed by atoms with van der Waals surface area (Å²) in [6, 6.07) is 20.1. The average molecular weight is 596 g/mol. The van der Waals surface area contributed by atoms with Crippen LogP contribution in [-0.2, 0) is 26.2 Å². The lowest BCUT2D eigenvalue weighted by atomic mass is 10.1. The van der Waals surface area contributed by atoms with E-state index in [1.807, 2.05) is 45.0 Å². The van der Waals surface area contributed by atoms with E-state index in [1.165, 1.54) is 17.0 Å². The van der Waals surface area contributed by atoms with Gasteiger partial charge in [0.2, 0.25) is 11.8 Å². The second-order valence-electron chi connectivity index (χ2n) is 10.6. The van der Waals surface area contributed by atoms with E-state index < -0.39 is 28.5 Å². The van der Waals surface area contributed by atoms with Gasteiger partial charge in [0, 0.05) is 17.6 Å². The number of rotatable bonds is 11. The molecule has 1 aliphatic carbocycles. The Kier molecular flexibility index (Phi) is 10.1. The van der Waals surface area contributed by atoms with Gasteiger partial charge in [-0.15, -0.1) is 0 Å². The van der Waals surface area contributed by atoms with Crippen molar-refractivity contribution in [1.29, 1.82) is 0 Å². The summed E-state index contributed by atoms with van der Waals surface area (Å²) in [7, 11) is -4.12. The maximum atomic E-state index is 14.3. The summed E-state index contributed by atoms with van der Waals surface area (Å²) in [6.07, 6.45) is 4.31. The summed E-state index contributed by atoms with van der Waals surface area (Å²) in [5, 5.41) is 3.60. The van der Waals surface area contributed by atoms with Crippen LogP contribution >= 0.6 is 11.6 Å². The Morgan fingerprint density at radius 2 is 1.63 bits per heavy atom. The van der Waals surface area contributed by atoms with Crippen LogP contribution in [0.15, 0.2) is 77.7 Å². The SMILES string of the molecule is CC[C@@H](C(=O)NC1CCCC1)N(Cc1ccccc1Cl)C(=O)CN(c1cc(C)ccc1C)S(=O)(=O)c1ccccc1. The van der Waals surface area contributed by atoms with E-state index in [0.29, 0.717) is 28.3 Å². The molecule has 0 saturated heterocycles. The van der Waals surface area contributed by atoms with Crippen LogP contribution in [0.5, 0.6) is 0 Å². The molecule has 1 atom stereocenters. The van der Waals surface area contributed by atoms with Crippen LogP contribution in [0.3, 0.4) is 0 Å². The van der Waals surface area contributed by atoms with E-state index in [1.54, 1.807) is 36.4 Å². The molecular formula is C32H38ClN3O4S. The minimum atomic E-state index is -4.12. The minimum absolute atomic E-state index is 0.0706. The molecule has 218 valence electrons. The number of sulfonamides is 1. The quantitative estimate of drug-likeness (QED) is 0.294. The number of halogens is 1. The Morgan fingerprint density at radius 1 is 0.976 bits per heavy atom. The highest BCUT2D eigenvalue weighted by Crippen LogP contribution is 2.29. The van der Waals surface area contributed by atoms with E-state index >= 15 is 0 Å². The van der Waals surface area contributed by atoms with Crippen molar-refractivity contribution in [3.63, 3.8) is 0 Å². The van der Waals surface area contributed by atoms with Crippen LogP contribution in [-0.4, -0.2) is 43.8 Å². The van der Waals surface area contributed by atoms with Gasteiger partial charge < -0.3 is 10.2 Å². The zero-order valence-electron chi connectivity index (χ0n) is 23.8. The summed E-state index contributed by atoms with van der Waals surface area (Å²) >= 11 is 6.49. The van der Waals surface area contributed by atoms with Gasteiger partial charge in [-0.25, -0.2) is 8.42 Å². The first-order valence-electron chi connectivity index (χ1n) is 14.1. The number of carbonyl (C=O) groups is 2. The van der Waals surface area contributed by atoms with Gasteiger partial charge in [-0.1, -0.05) is 79.9 Å². The standard InChI is InChI=1S/C32H38ClN3O4S/c1-4-29(32(38)34-26-13-9-10-14-26)35(21-25-12-8-11-17-28(25)33)31(37)22-36(30-20-23(2)18-19-24(30)3)41(39,40)27-15-6-5-7-16-27/h5-8,11-12,15-20,26,29H,4,9-10,13-14,21-22H2,1-3H3,(H,34,38)/t29-/m0/s1. The maximum Gasteiger partial charge on any atom is 0.264 e. The molecule has 4 rings (SSSR count). The summed E-state index contributed by atoms with van der Waals surface area (Å²) in [6.45, 7) is 5.15. The first-order valence-corrected chi connectivity index (χ1v) is 15.9. The Morgan fingerprint density at radius 3 is 2.29 bits per heavy atom. The van der Waals surface area contributed by atoms with Gasteiger partial charge in [-0.2, -0.15) is 0 Å². The molecule has 0 heterocycles. The van der Waals surface area contributed by atoms with Crippen molar-refractivity contribution in [2.75, 3.05) is 10.8 Å². The van der Waals surface area contributed by atoms with E-state index in [-0.39, 0.29) is 23.4 Å². The largest absolute Gasteiger partial charge is 0.352 e. The van der Waals surface area contributed by atoms with Gasteiger partial charge >= 0.3 is 0 Å². The number of hydrogen-bond donors (Lipinski definition) is 1. The Balaban J connectivity index is 1.75. The summed E-state index contributed by atoms with van der Waals surface area (Å²) in [5.41, 5.74) is 2.68. The Labute approximate surface area is 248 Å². The number of aryl methyl sites for hydroxylation is 2. The number of carbonyl (C=O) groups excluding carboxylic acids is 2. The van der Waals surface area contributed by atoms with Crippen molar-refractivity contribution in [3.05, 3.63) is 94.5 Å². The number of benzene rings is 3. The fraction of sp³-hybridized carbons (Fsp3) is 0.375. The zero-order valence-corrected chi connectivity index (χ0v) is 25.4. The van der Waals surface area contributed by atoms with Crippen LogP contribution < -0.4 is 9.62 Å². The van der Waals surface area contributed by atoms with Crippen molar-refractivity contribution in [3.8, 4) is 0 Å². The van der Waals surface area contributed by atoms with E-state index in [4.69, 9.17) is 11.6 Å². The minimum Gasteiger partial charge on any atom is -0.352 e. The second-order valence-corrected chi connectivity index (χ2v) is 12.9. The zero-order chi connectivity index (χ0) is 29.6. The lowest BCUT2D eigenvalue weighted by molar-refractivity contribution is -0.140. The highest BCUT2D eigenvalue weighted by molar-refractivity contribution is 7.92. The van der Waals surface area contributed by atoms with Gasteiger partial charge in [0.1, 0.15) is 12.6 Å². The van der Waals surface area contributed by atoms with Gasteiger partial charge in [-0.3, -0.25) is 13.9 Å². The number of hydrogen-bond acceptors (Lipinski definition) is 4. The van der Waals surface area contributed by atoms with Crippen LogP contribution in [0, 0.1) is 13.8 Å². The third kappa shape index (κ3) is 7.29. The maximum absolute atomic E-state index is 14.3. The van der Waals surface area contributed by atoms with Crippen LogP contribution in [0.1, 0.15) is 55.7 Å². The molecule has 0 spiro atoms. The molecule has 0 unspecified atom stereocenters. The smallest absolute Gasteiger partial charge is 0.264 e. The van der Waals surface area contributed by atoms with E-state index in [2.05, 4.69) is 5.32 Å². The van der Waals surface area contributed by atoms with Crippen LogP contribution in [0.4, 0.5) is 5.69 Å². The van der Waals surface area contributed by atoms with Crippen molar-refractivity contribution >= 4 is 39.1 Å². The number of nitrogens with one attached hydrogen (secondary N) is 1. The van der Waals surface area contributed by atoms with Crippen LogP contribution in [0.2, 0.25) is 5.02 Å². The summed E-state index contributed by atoms with van der Waals surface area (Å²) < 4.78 is 29.2. The molecule has 1 saturated carbocycles. The van der Waals surface area contributed by atoms with Crippen LogP contribution in [0.25, 0.3) is 0 Å². The number of amides is 2. The molecule has 3 aromatic carbocycles. The lowest BCUT2D eigenvalue weighted by Crippen LogP contribution is -2.53. The van der Waals surface area contributed by atoms with E-state index in [9.17, 15) is 18.0 Å². The molecule has 3 aromatic rings. The normalized spacial score (nSPS) is 14.4. The summed E-state index contributed by atoms with van der Waals surface area (Å²) in [5.74, 6) is -0.720. The lowest BCUT2D eigenvalue weighted by Gasteiger charge is -2.34. The third-order valence-electron chi connectivity index (χ3n) is 7.63. The first-order chi connectivity index (χ1) is 19.6. The van der Waals surface area contributed by atoms with Gasteiger partial charge in [0.15, 0.2) is 0 Å². The molecule has 2 amide bonds. The molecule has 7 nitrogen and oxygen atoms in total. The van der Waals surface area contributed by atoms with Crippen molar-refractivity contribution in [1.82, 2.24) is 10.2 Å². The molecular weight excluding hydrogens is 558 g/mol. The molecule has 41 heavy (non-hydrogen) atoms. The predicted octanol–water partition coefficient (Wildman–Crippen LogP) is 6.02. The summed E-state index contributed by atoms with van der Waals surface area (Å²) in [4.78, 5) is 29.4. The highest BCUT2D eigenvalue weighted by Gasteiger charge is 2.35. The number of anilines is 1. The van der Waals surface area contributed by atoms with E-state index in [0.717, 1.165) is 35.6 Å². The van der Waals surface area contributed by atoms with Gasteiger partial charge in [0.05, 0.1) is 10.6 Å². The Hall–Kier alpha value is -3.36. The van der Waals surface area contributed by atoms with Crippen molar-refractivity contribution < 1.29 is 18.0 Å². The average Bonchev–Trinajstić information content (AvgIpc) is 3.47. The molecule has 1 aliphatic rings.